The Morgan fingerprint density at radius 3 is 2.46 bits per heavy atom. The van der Waals surface area contributed by atoms with Crippen LogP contribution < -0.4 is 10.1 Å². The zero-order chi connectivity index (χ0) is 16.8. The van der Waals surface area contributed by atoms with Gasteiger partial charge < -0.3 is 10.1 Å². The van der Waals surface area contributed by atoms with E-state index in [-0.39, 0.29) is 5.91 Å². The Kier molecular flexibility index (Phi) is 5.08. The number of hydrogen-bond donors (Lipinski definition) is 1. The Morgan fingerprint density at radius 1 is 1.04 bits per heavy atom. The number of carbonyl (C=O) groups excluding carboxylic acids is 1. The molecule has 1 amide bonds. The zero-order valence-corrected chi connectivity index (χ0v) is 13.5. The number of benzene rings is 2. The molecular formula is C19H15ClN2O2. The van der Waals surface area contributed by atoms with Crippen molar-refractivity contribution in [3.05, 3.63) is 89.2 Å². The Balaban J connectivity index is 1.57. The lowest BCUT2D eigenvalue weighted by molar-refractivity contribution is 0.102. The highest BCUT2D eigenvalue weighted by Crippen LogP contribution is 2.18. The van der Waals surface area contributed by atoms with Crippen LogP contribution in [0.2, 0.25) is 5.02 Å². The highest BCUT2D eigenvalue weighted by atomic mass is 35.5. The monoisotopic (exact) mass is 338 g/mol. The van der Waals surface area contributed by atoms with E-state index in [0.29, 0.717) is 22.9 Å². The van der Waals surface area contributed by atoms with Gasteiger partial charge in [0.25, 0.3) is 5.91 Å². The van der Waals surface area contributed by atoms with Crippen LogP contribution in [-0.4, -0.2) is 10.9 Å². The average molecular weight is 339 g/mol. The van der Waals surface area contributed by atoms with Crippen molar-refractivity contribution < 1.29 is 9.53 Å². The predicted octanol–water partition coefficient (Wildman–Crippen LogP) is 4.57. The molecule has 5 heteroatoms. The van der Waals surface area contributed by atoms with Gasteiger partial charge in [-0.25, -0.2) is 0 Å². The highest BCUT2D eigenvalue weighted by molar-refractivity contribution is 6.30. The maximum atomic E-state index is 12.0. The van der Waals surface area contributed by atoms with Gasteiger partial charge in [-0.3, -0.25) is 9.78 Å². The first kappa shape index (κ1) is 16.0. The number of nitrogens with one attached hydrogen (secondary N) is 1. The lowest BCUT2D eigenvalue weighted by Gasteiger charge is -2.08. The van der Waals surface area contributed by atoms with Gasteiger partial charge in [0.1, 0.15) is 12.4 Å². The number of rotatable bonds is 5. The van der Waals surface area contributed by atoms with Crippen molar-refractivity contribution in [1.29, 1.82) is 0 Å². The van der Waals surface area contributed by atoms with Crippen molar-refractivity contribution >= 4 is 23.2 Å². The summed E-state index contributed by atoms with van der Waals surface area (Å²) < 4.78 is 5.71. The Labute approximate surface area is 145 Å². The van der Waals surface area contributed by atoms with Crippen LogP contribution in [0.15, 0.2) is 73.1 Å². The van der Waals surface area contributed by atoms with Gasteiger partial charge >= 0.3 is 0 Å². The predicted molar refractivity (Wildman–Crippen MR) is 94.4 cm³/mol. The van der Waals surface area contributed by atoms with Crippen LogP contribution in [0.5, 0.6) is 5.75 Å². The van der Waals surface area contributed by atoms with Crippen LogP contribution in [0.25, 0.3) is 0 Å². The van der Waals surface area contributed by atoms with Crippen LogP contribution in [0.3, 0.4) is 0 Å². The number of ether oxygens (including phenoxy) is 1. The number of anilines is 1. The number of halogens is 1. The van der Waals surface area contributed by atoms with Crippen molar-refractivity contribution in [3.8, 4) is 5.75 Å². The lowest BCUT2D eigenvalue weighted by Crippen LogP contribution is -2.11. The molecule has 0 aliphatic heterocycles. The van der Waals surface area contributed by atoms with Crippen molar-refractivity contribution in [1.82, 2.24) is 4.98 Å². The molecule has 0 aliphatic rings. The molecule has 0 unspecified atom stereocenters. The molecule has 0 spiro atoms. The van der Waals surface area contributed by atoms with E-state index in [1.54, 1.807) is 30.5 Å². The average Bonchev–Trinajstić information content (AvgIpc) is 2.63. The molecular weight excluding hydrogens is 324 g/mol. The third-order valence-electron chi connectivity index (χ3n) is 3.35. The lowest BCUT2D eigenvalue weighted by atomic mass is 10.2. The van der Waals surface area contributed by atoms with Gasteiger partial charge in [0.2, 0.25) is 0 Å². The number of amides is 1. The molecule has 0 bridgehead atoms. The van der Waals surface area contributed by atoms with Crippen molar-refractivity contribution in [2.24, 2.45) is 0 Å². The second-order valence-electron chi connectivity index (χ2n) is 5.14. The van der Waals surface area contributed by atoms with Crippen LogP contribution in [0.1, 0.15) is 15.9 Å². The molecule has 0 saturated carbocycles. The fourth-order valence-corrected chi connectivity index (χ4v) is 2.21. The summed E-state index contributed by atoms with van der Waals surface area (Å²) in [6.07, 6.45) is 3.16. The summed E-state index contributed by atoms with van der Waals surface area (Å²) in [6, 6.07) is 18.2. The fraction of sp³-hybridized carbons (Fsp3) is 0.0526. The first-order valence-corrected chi connectivity index (χ1v) is 7.77. The molecule has 0 atom stereocenters. The molecule has 3 aromatic rings. The van der Waals surface area contributed by atoms with Crippen LogP contribution in [0.4, 0.5) is 5.69 Å². The van der Waals surface area contributed by atoms with E-state index in [4.69, 9.17) is 16.3 Å². The Morgan fingerprint density at radius 2 is 1.79 bits per heavy atom. The second kappa shape index (κ2) is 7.62. The van der Waals surface area contributed by atoms with Crippen LogP contribution >= 0.6 is 11.6 Å². The number of aromatic nitrogens is 1. The number of nitrogens with zero attached hydrogens (tertiary/aromatic N) is 1. The quantitative estimate of drug-likeness (QED) is 0.741. The van der Waals surface area contributed by atoms with Crippen molar-refractivity contribution in [2.45, 2.75) is 6.61 Å². The summed E-state index contributed by atoms with van der Waals surface area (Å²) in [5.74, 6) is 0.530. The summed E-state index contributed by atoms with van der Waals surface area (Å²) >= 11 is 5.85. The molecule has 0 aliphatic carbocycles. The van der Waals surface area contributed by atoms with Gasteiger partial charge in [0.05, 0.1) is 5.56 Å². The smallest absolute Gasteiger partial charge is 0.257 e. The van der Waals surface area contributed by atoms with E-state index in [1.807, 2.05) is 36.4 Å². The molecule has 120 valence electrons. The van der Waals surface area contributed by atoms with E-state index in [1.165, 1.54) is 6.20 Å². The molecule has 1 aromatic heterocycles. The first-order chi connectivity index (χ1) is 11.7. The fourth-order valence-electron chi connectivity index (χ4n) is 2.08. The Bertz CT molecular complexity index is 803. The summed E-state index contributed by atoms with van der Waals surface area (Å²) in [5, 5.41) is 3.52. The molecule has 0 radical (unpaired) electrons. The van der Waals surface area contributed by atoms with Crippen LogP contribution in [0, 0.1) is 0 Å². The van der Waals surface area contributed by atoms with E-state index in [0.717, 1.165) is 11.3 Å². The van der Waals surface area contributed by atoms with Crippen LogP contribution in [-0.2, 0) is 6.61 Å². The SMILES string of the molecule is O=C(Nc1ccc(OCc2ccc(Cl)cc2)cc1)c1cccnc1. The van der Waals surface area contributed by atoms with E-state index < -0.39 is 0 Å². The molecule has 2 aromatic carbocycles. The maximum absolute atomic E-state index is 12.0. The summed E-state index contributed by atoms with van der Waals surface area (Å²) in [5.41, 5.74) is 2.25. The molecule has 3 rings (SSSR count). The third kappa shape index (κ3) is 4.33. The molecule has 0 fully saturated rings. The van der Waals surface area contributed by atoms with Gasteiger partial charge in [-0.2, -0.15) is 0 Å². The number of carbonyl (C=O) groups is 1. The van der Waals surface area contributed by atoms with Crippen molar-refractivity contribution in [2.75, 3.05) is 5.32 Å². The Hall–Kier alpha value is -2.85. The topological polar surface area (TPSA) is 51.2 Å². The number of pyridine rings is 1. The van der Waals surface area contributed by atoms with Gasteiger partial charge in [0.15, 0.2) is 0 Å². The third-order valence-corrected chi connectivity index (χ3v) is 3.61. The number of hydrogen-bond acceptors (Lipinski definition) is 3. The van der Waals surface area contributed by atoms with Gasteiger partial charge in [-0.15, -0.1) is 0 Å². The molecule has 0 saturated heterocycles. The minimum atomic E-state index is -0.196. The van der Waals surface area contributed by atoms with Crippen molar-refractivity contribution in [3.63, 3.8) is 0 Å². The molecule has 1 heterocycles. The maximum Gasteiger partial charge on any atom is 0.257 e. The molecule has 24 heavy (non-hydrogen) atoms. The van der Waals surface area contributed by atoms with Gasteiger partial charge in [-0.05, 0) is 54.1 Å². The van der Waals surface area contributed by atoms with E-state index in [2.05, 4.69) is 10.3 Å². The molecule has 1 N–H and O–H groups in total. The largest absolute Gasteiger partial charge is 0.489 e. The standard InChI is InChI=1S/C19H15ClN2O2/c20-16-5-3-14(4-6-16)13-24-18-9-7-17(8-10-18)22-19(23)15-2-1-11-21-12-15/h1-12H,13H2,(H,22,23). The summed E-state index contributed by atoms with van der Waals surface area (Å²) in [6.45, 7) is 0.457. The van der Waals surface area contributed by atoms with Gasteiger partial charge in [0, 0.05) is 23.1 Å². The van der Waals surface area contributed by atoms with E-state index >= 15 is 0 Å². The zero-order valence-electron chi connectivity index (χ0n) is 12.8. The van der Waals surface area contributed by atoms with E-state index in [9.17, 15) is 4.79 Å². The minimum absolute atomic E-state index is 0.196. The second-order valence-corrected chi connectivity index (χ2v) is 5.57. The minimum Gasteiger partial charge on any atom is -0.489 e. The highest BCUT2D eigenvalue weighted by Gasteiger charge is 2.05. The normalized spacial score (nSPS) is 10.2. The summed E-state index contributed by atoms with van der Waals surface area (Å²) in [7, 11) is 0. The molecule has 4 nitrogen and oxygen atoms in total. The summed E-state index contributed by atoms with van der Waals surface area (Å²) in [4.78, 5) is 16.0. The first-order valence-electron chi connectivity index (χ1n) is 7.39. The van der Waals surface area contributed by atoms with Gasteiger partial charge in [-0.1, -0.05) is 23.7 Å².